The maximum atomic E-state index is 6.43. The van der Waals surface area contributed by atoms with Crippen molar-refractivity contribution in [2.45, 2.75) is 58.5 Å². The zero-order valence-electron chi connectivity index (χ0n) is 17.5. The van der Waals surface area contributed by atoms with Gasteiger partial charge >= 0.3 is 0 Å². The van der Waals surface area contributed by atoms with Crippen LogP contribution in [0.15, 0.2) is 29.6 Å². The second-order valence-electron chi connectivity index (χ2n) is 8.61. The first kappa shape index (κ1) is 21.6. The predicted molar refractivity (Wildman–Crippen MR) is 117 cm³/mol. The van der Waals surface area contributed by atoms with Crippen LogP contribution in [0.3, 0.4) is 0 Å². The van der Waals surface area contributed by atoms with Crippen molar-refractivity contribution in [2.24, 2.45) is 0 Å². The molecule has 0 aliphatic carbocycles. The Hall–Kier alpha value is -0.723. The number of ether oxygens (including phenoxy) is 1. The van der Waals surface area contributed by atoms with E-state index in [-0.39, 0.29) is 11.3 Å². The van der Waals surface area contributed by atoms with E-state index in [1.165, 1.54) is 15.6 Å². The van der Waals surface area contributed by atoms with Crippen molar-refractivity contribution in [3.8, 4) is 0 Å². The summed E-state index contributed by atoms with van der Waals surface area (Å²) in [6.45, 7) is 16.0. The van der Waals surface area contributed by atoms with Crippen LogP contribution in [0.1, 0.15) is 33.3 Å². The van der Waals surface area contributed by atoms with E-state index in [1.54, 1.807) is 11.3 Å². The quantitative estimate of drug-likeness (QED) is 0.307. The minimum absolute atomic E-state index is 0.125. The Labute approximate surface area is 164 Å². The molecule has 1 atom stereocenters. The lowest BCUT2D eigenvalue weighted by molar-refractivity contribution is 0.0228. The molecule has 2 rings (SSSR count). The van der Waals surface area contributed by atoms with Gasteiger partial charge in [0.25, 0.3) is 0 Å². The first-order valence-corrected chi connectivity index (χ1v) is 13.3. The summed E-state index contributed by atoms with van der Waals surface area (Å²) >= 11 is 1.79. The number of fused-ring (bicyclic) bond motifs is 1. The topological polar surface area (TPSA) is 21.7 Å². The SMILES string of the molecule is CC(O[Si](C)(C)C(C)(C)C)N(C)CCOCCc1ccc2sccc2c1. The minimum atomic E-state index is -1.73. The third-order valence-corrected chi connectivity index (χ3v) is 11.0. The molecule has 1 heterocycles. The molecule has 1 aromatic heterocycles. The molecule has 0 aliphatic rings. The Morgan fingerprint density at radius 3 is 2.58 bits per heavy atom. The van der Waals surface area contributed by atoms with E-state index in [2.05, 4.69) is 82.4 Å². The monoisotopic (exact) mass is 393 g/mol. The van der Waals surface area contributed by atoms with Gasteiger partial charge in [-0.15, -0.1) is 11.3 Å². The molecule has 1 unspecified atom stereocenters. The van der Waals surface area contributed by atoms with Crippen LogP contribution in [0.5, 0.6) is 0 Å². The fourth-order valence-electron chi connectivity index (χ4n) is 2.55. The molecule has 0 aliphatic heterocycles. The van der Waals surface area contributed by atoms with Gasteiger partial charge in [0.05, 0.1) is 19.4 Å². The molecule has 0 N–H and O–H groups in total. The fourth-order valence-corrected chi connectivity index (χ4v) is 4.70. The molecule has 26 heavy (non-hydrogen) atoms. The van der Waals surface area contributed by atoms with E-state index in [1.807, 2.05) is 0 Å². The molecule has 0 bridgehead atoms. The van der Waals surface area contributed by atoms with Crippen molar-refractivity contribution in [1.82, 2.24) is 4.90 Å². The second kappa shape index (κ2) is 8.98. The molecular formula is C21H35NO2SSi. The number of hydrogen-bond donors (Lipinski definition) is 0. The van der Waals surface area contributed by atoms with Gasteiger partial charge in [-0.3, -0.25) is 4.90 Å². The van der Waals surface area contributed by atoms with Crippen LogP contribution in [-0.4, -0.2) is 46.3 Å². The van der Waals surface area contributed by atoms with E-state index in [9.17, 15) is 0 Å². The third-order valence-electron chi connectivity index (χ3n) is 5.53. The standard InChI is InChI=1S/C21H35NO2SSi/c1-17(24-26(6,7)21(2,3)4)22(5)12-14-23-13-10-18-8-9-20-19(16-18)11-15-25-20/h8-9,11,15-17H,10,12-14H2,1-7H3. The van der Waals surface area contributed by atoms with Gasteiger partial charge in [-0.1, -0.05) is 32.9 Å². The van der Waals surface area contributed by atoms with Crippen LogP contribution >= 0.6 is 11.3 Å². The highest BCUT2D eigenvalue weighted by Gasteiger charge is 2.38. The van der Waals surface area contributed by atoms with Crippen molar-refractivity contribution in [3.63, 3.8) is 0 Å². The van der Waals surface area contributed by atoms with Gasteiger partial charge in [0, 0.05) is 11.2 Å². The lowest BCUT2D eigenvalue weighted by Gasteiger charge is -2.40. The van der Waals surface area contributed by atoms with Gasteiger partial charge < -0.3 is 9.16 Å². The number of rotatable bonds is 9. The molecule has 0 saturated heterocycles. The van der Waals surface area contributed by atoms with Gasteiger partial charge in [0.1, 0.15) is 0 Å². The lowest BCUT2D eigenvalue weighted by atomic mass is 10.1. The number of hydrogen-bond acceptors (Lipinski definition) is 4. The molecule has 1 aromatic carbocycles. The van der Waals surface area contributed by atoms with E-state index >= 15 is 0 Å². The van der Waals surface area contributed by atoms with Crippen molar-refractivity contribution in [1.29, 1.82) is 0 Å². The third kappa shape index (κ3) is 5.89. The van der Waals surface area contributed by atoms with Gasteiger partial charge in [-0.25, -0.2) is 0 Å². The van der Waals surface area contributed by atoms with E-state index in [4.69, 9.17) is 9.16 Å². The van der Waals surface area contributed by atoms with Crippen LogP contribution in [0, 0.1) is 0 Å². The highest BCUT2D eigenvalue weighted by Crippen LogP contribution is 2.37. The Balaban J connectivity index is 1.68. The van der Waals surface area contributed by atoms with Crippen LogP contribution in [0.25, 0.3) is 10.1 Å². The molecule has 0 amide bonds. The number of thiophene rings is 1. The Morgan fingerprint density at radius 2 is 1.88 bits per heavy atom. The average Bonchev–Trinajstić information content (AvgIpc) is 3.00. The summed E-state index contributed by atoms with van der Waals surface area (Å²) in [7, 11) is 0.389. The van der Waals surface area contributed by atoms with Crippen LogP contribution < -0.4 is 0 Å². The molecular weight excluding hydrogens is 358 g/mol. The smallest absolute Gasteiger partial charge is 0.194 e. The van der Waals surface area contributed by atoms with Crippen molar-refractivity contribution in [2.75, 3.05) is 26.8 Å². The van der Waals surface area contributed by atoms with Crippen molar-refractivity contribution < 1.29 is 9.16 Å². The van der Waals surface area contributed by atoms with Gasteiger partial charge in [-0.05, 0) is 67.0 Å². The highest BCUT2D eigenvalue weighted by atomic mass is 32.1. The second-order valence-corrected chi connectivity index (χ2v) is 14.3. The normalized spacial score (nSPS) is 14.3. The lowest BCUT2D eigenvalue weighted by Crippen LogP contribution is -2.48. The fraction of sp³-hybridized carbons (Fsp3) is 0.619. The first-order chi connectivity index (χ1) is 12.1. The predicted octanol–water partition coefficient (Wildman–Crippen LogP) is 5.76. The Bertz CT molecular complexity index is 693. The maximum Gasteiger partial charge on any atom is 0.194 e. The molecule has 5 heteroatoms. The summed E-state index contributed by atoms with van der Waals surface area (Å²) in [5, 5.41) is 3.72. The molecule has 0 saturated carbocycles. The van der Waals surface area contributed by atoms with E-state index < -0.39 is 8.32 Å². The van der Waals surface area contributed by atoms with Gasteiger partial charge in [0.2, 0.25) is 0 Å². The number of nitrogens with zero attached hydrogens (tertiary/aromatic N) is 1. The zero-order chi connectivity index (χ0) is 19.4. The van der Waals surface area contributed by atoms with E-state index in [0.717, 1.165) is 26.2 Å². The van der Waals surface area contributed by atoms with Gasteiger partial charge in [-0.2, -0.15) is 0 Å². The van der Waals surface area contributed by atoms with E-state index in [0.29, 0.717) is 0 Å². The summed E-state index contributed by atoms with van der Waals surface area (Å²) in [5.41, 5.74) is 1.35. The zero-order valence-corrected chi connectivity index (χ0v) is 19.3. The van der Waals surface area contributed by atoms with Crippen LogP contribution in [-0.2, 0) is 15.6 Å². The molecule has 0 radical (unpaired) electrons. The average molecular weight is 394 g/mol. The minimum Gasteiger partial charge on any atom is -0.402 e. The number of likely N-dealkylation sites (N-methyl/N-ethyl adjacent to an activating group) is 1. The molecule has 0 spiro atoms. The van der Waals surface area contributed by atoms with Crippen molar-refractivity contribution in [3.05, 3.63) is 35.2 Å². The summed E-state index contributed by atoms with van der Waals surface area (Å²) in [6, 6.07) is 8.88. The summed E-state index contributed by atoms with van der Waals surface area (Å²) in [6.07, 6.45) is 1.09. The summed E-state index contributed by atoms with van der Waals surface area (Å²) in [5.74, 6) is 0. The van der Waals surface area contributed by atoms with Crippen LogP contribution in [0.4, 0.5) is 0 Å². The Kier molecular flexibility index (Phi) is 7.45. The molecule has 146 valence electrons. The molecule has 3 nitrogen and oxygen atoms in total. The van der Waals surface area contributed by atoms with Gasteiger partial charge in [0.15, 0.2) is 8.32 Å². The molecule has 2 aromatic rings. The number of benzene rings is 1. The first-order valence-electron chi connectivity index (χ1n) is 9.52. The summed E-state index contributed by atoms with van der Waals surface area (Å²) < 4.78 is 13.7. The molecule has 0 fully saturated rings. The Morgan fingerprint density at radius 1 is 1.15 bits per heavy atom. The summed E-state index contributed by atoms with van der Waals surface area (Å²) in [4.78, 5) is 2.25. The largest absolute Gasteiger partial charge is 0.402 e. The van der Waals surface area contributed by atoms with Crippen molar-refractivity contribution >= 4 is 29.7 Å². The maximum absolute atomic E-state index is 6.43. The van der Waals surface area contributed by atoms with Crippen LogP contribution in [0.2, 0.25) is 18.1 Å². The highest BCUT2D eigenvalue weighted by molar-refractivity contribution is 7.17.